The molecule has 1 aromatic carbocycles. The highest BCUT2D eigenvalue weighted by Gasteiger charge is 2.28. The standard InChI is InChI=1S/C16H26OPS/c1-7-16(2,3)15(17)19-14-11-9-8-10-13(14)12-18(4,5)6/h8-11H,7,12H2,1-6H3/q+1. The number of thioether (sulfide) groups is 1. The molecular weight excluding hydrogens is 271 g/mol. The normalized spacial score (nSPS) is 12.5. The topological polar surface area (TPSA) is 17.1 Å². The Morgan fingerprint density at radius 1 is 1.21 bits per heavy atom. The molecule has 0 saturated heterocycles. The van der Waals surface area contributed by atoms with Crippen molar-refractivity contribution < 1.29 is 4.79 Å². The van der Waals surface area contributed by atoms with Crippen LogP contribution < -0.4 is 0 Å². The first-order chi connectivity index (χ1) is 8.65. The van der Waals surface area contributed by atoms with Gasteiger partial charge in [0.2, 0.25) is 0 Å². The lowest BCUT2D eigenvalue weighted by atomic mass is 9.92. The van der Waals surface area contributed by atoms with E-state index < -0.39 is 7.26 Å². The van der Waals surface area contributed by atoms with E-state index in [0.717, 1.165) is 17.5 Å². The Hall–Kier alpha value is -0.330. The molecule has 1 aromatic rings. The molecule has 0 aromatic heterocycles. The fourth-order valence-corrected chi connectivity index (χ4v) is 4.07. The molecule has 0 atom stereocenters. The van der Waals surface area contributed by atoms with E-state index in [2.05, 4.69) is 45.1 Å². The van der Waals surface area contributed by atoms with Crippen molar-refractivity contribution in [1.82, 2.24) is 0 Å². The first kappa shape index (κ1) is 16.7. The third-order valence-corrected chi connectivity index (χ3v) is 5.90. The number of benzene rings is 1. The van der Waals surface area contributed by atoms with E-state index in [1.54, 1.807) is 0 Å². The Labute approximate surface area is 122 Å². The summed E-state index contributed by atoms with van der Waals surface area (Å²) in [5.74, 6) is 0. The van der Waals surface area contributed by atoms with E-state index in [1.165, 1.54) is 17.3 Å². The molecule has 0 spiro atoms. The van der Waals surface area contributed by atoms with Crippen molar-refractivity contribution in [3.63, 3.8) is 0 Å². The molecule has 0 aliphatic rings. The number of rotatable bonds is 5. The quantitative estimate of drug-likeness (QED) is 0.552. The van der Waals surface area contributed by atoms with E-state index in [0.29, 0.717) is 0 Å². The molecule has 19 heavy (non-hydrogen) atoms. The monoisotopic (exact) mass is 297 g/mol. The van der Waals surface area contributed by atoms with E-state index >= 15 is 0 Å². The number of carbonyl (C=O) groups is 1. The Morgan fingerprint density at radius 2 is 1.79 bits per heavy atom. The van der Waals surface area contributed by atoms with E-state index in [-0.39, 0.29) is 10.5 Å². The number of carbonyl (C=O) groups excluding carboxylic acids is 1. The Balaban J connectivity index is 2.93. The van der Waals surface area contributed by atoms with Crippen LogP contribution in [0.5, 0.6) is 0 Å². The predicted octanol–water partition coefficient (Wildman–Crippen LogP) is 5.15. The third-order valence-electron chi connectivity index (χ3n) is 3.26. The lowest BCUT2D eigenvalue weighted by molar-refractivity contribution is -0.118. The molecule has 0 radical (unpaired) electrons. The van der Waals surface area contributed by atoms with Crippen molar-refractivity contribution in [3.05, 3.63) is 29.8 Å². The molecule has 0 N–H and O–H groups in total. The third kappa shape index (κ3) is 5.28. The van der Waals surface area contributed by atoms with Gasteiger partial charge in [-0.15, -0.1) is 0 Å². The van der Waals surface area contributed by atoms with E-state index in [1.807, 2.05) is 19.9 Å². The van der Waals surface area contributed by atoms with E-state index in [4.69, 9.17) is 0 Å². The summed E-state index contributed by atoms with van der Waals surface area (Å²) < 4.78 is 0. The van der Waals surface area contributed by atoms with Crippen LogP contribution in [0.3, 0.4) is 0 Å². The first-order valence-corrected chi connectivity index (χ1v) is 10.9. The lowest BCUT2D eigenvalue weighted by Gasteiger charge is -2.21. The Bertz CT molecular complexity index is 446. The minimum Gasteiger partial charge on any atom is -0.286 e. The van der Waals surface area contributed by atoms with Crippen LogP contribution in [0, 0.1) is 5.41 Å². The molecule has 3 heteroatoms. The highest BCUT2D eigenvalue weighted by Crippen LogP contribution is 2.51. The van der Waals surface area contributed by atoms with Gasteiger partial charge < -0.3 is 0 Å². The van der Waals surface area contributed by atoms with Gasteiger partial charge in [0.15, 0.2) is 5.12 Å². The zero-order chi connectivity index (χ0) is 14.7. The van der Waals surface area contributed by atoms with Gasteiger partial charge >= 0.3 is 0 Å². The summed E-state index contributed by atoms with van der Waals surface area (Å²) in [6.07, 6.45) is 1.99. The van der Waals surface area contributed by atoms with Gasteiger partial charge in [0.25, 0.3) is 0 Å². The van der Waals surface area contributed by atoms with Gasteiger partial charge in [0.1, 0.15) is 0 Å². The summed E-state index contributed by atoms with van der Waals surface area (Å²) >= 11 is 1.42. The molecule has 0 amide bonds. The highest BCUT2D eigenvalue weighted by atomic mass is 32.2. The van der Waals surface area contributed by atoms with Gasteiger partial charge in [0, 0.05) is 43.1 Å². The van der Waals surface area contributed by atoms with Crippen molar-refractivity contribution in [3.8, 4) is 0 Å². The summed E-state index contributed by atoms with van der Waals surface area (Å²) in [7, 11) is -0.880. The van der Waals surface area contributed by atoms with E-state index in [9.17, 15) is 4.79 Å². The maximum atomic E-state index is 12.4. The summed E-state index contributed by atoms with van der Waals surface area (Å²) in [6.45, 7) is 13.2. The number of hydrogen-bond acceptors (Lipinski definition) is 2. The molecule has 0 aliphatic heterocycles. The van der Waals surface area contributed by atoms with Crippen LogP contribution in [0.2, 0.25) is 0 Å². The highest BCUT2D eigenvalue weighted by molar-refractivity contribution is 8.13. The summed E-state index contributed by atoms with van der Waals surface area (Å²) in [5, 5.41) is 0.273. The molecule has 0 unspecified atom stereocenters. The van der Waals surface area contributed by atoms with Crippen molar-refractivity contribution in [2.24, 2.45) is 5.41 Å². The molecule has 0 aliphatic carbocycles. The number of hydrogen-bond donors (Lipinski definition) is 0. The van der Waals surface area contributed by atoms with Crippen LogP contribution in [-0.2, 0) is 11.0 Å². The van der Waals surface area contributed by atoms with Gasteiger partial charge in [-0.25, -0.2) is 0 Å². The van der Waals surface area contributed by atoms with Crippen molar-refractivity contribution in [2.45, 2.75) is 38.2 Å². The second kappa shape index (κ2) is 6.41. The summed E-state index contributed by atoms with van der Waals surface area (Å²) in [5.41, 5.74) is 1.09. The molecular formula is C16H26OPS+. The second-order valence-corrected chi connectivity index (χ2v) is 12.6. The molecule has 0 bridgehead atoms. The molecule has 1 nitrogen and oxygen atoms in total. The largest absolute Gasteiger partial charge is 0.286 e. The molecule has 106 valence electrons. The van der Waals surface area contributed by atoms with Crippen molar-refractivity contribution in [2.75, 3.05) is 20.0 Å². The fourth-order valence-electron chi connectivity index (χ4n) is 1.63. The molecule has 0 saturated carbocycles. The van der Waals surface area contributed by atoms with Crippen LogP contribution in [-0.4, -0.2) is 25.1 Å². The fraction of sp³-hybridized carbons (Fsp3) is 0.562. The van der Waals surface area contributed by atoms with Crippen molar-refractivity contribution in [1.29, 1.82) is 0 Å². The minimum absolute atomic E-state index is 0.241. The van der Waals surface area contributed by atoms with Crippen LogP contribution in [0.25, 0.3) is 0 Å². The van der Waals surface area contributed by atoms with Gasteiger partial charge in [0.05, 0.1) is 6.16 Å². The second-order valence-electron chi connectivity index (χ2n) is 6.68. The van der Waals surface area contributed by atoms with Crippen LogP contribution >= 0.6 is 19.0 Å². The lowest BCUT2D eigenvalue weighted by Crippen LogP contribution is -2.20. The summed E-state index contributed by atoms with van der Waals surface area (Å²) in [6, 6.07) is 8.35. The van der Waals surface area contributed by atoms with Crippen molar-refractivity contribution >= 4 is 24.1 Å². The van der Waals surface area contributed by atoms with Gasteiger partial charge in [-0.3, -0.25) is 4.79 Å². The average Bonchev–Trinajstić information content (AvgIpc) is 2.29. The zero-order valence-corrected chi connectivity index (χ0v) is 14.7. The van der Waals surface area contributed by atoms with Crippen LogP contribution in [0.4, 0.5) is 0 Å². The summed E-state index contributed by atoms with van der Waals surface area (Å²) in [4.78, 5) is 13.5. The maximum absolute atomic E-state index is 12.4. The molecule has 1 rings (SSSR count). The molecule has 0 fully saturated rings. The smallest absolute Gasteiger partial charge is 0.199 e. The van der Waals surface area contributed by atoms with Gasteiger partial charge in [-0.2, -0.15) is 0 Å². The van der Waals surface area contributed by atoms with Crippen LogP contribution in [0.1, 0.15) is 32.8 Å². The Morgan fingerprint density at radius 3 is 2.32 bits per heavy atom. The van der Waals surface area contributed by atoms with Crippen LogP contribution in [0.15, 0.2) is 29.2 Å². The predicted molar refractivity (Wildman–Crippen MR) is 89.8 cm³/mol. The van der Waals surface area contributed by atoms with Gasteiger partial charge in [-0.1, -0.05) is 50.7 Å². The first-order valence-electron chi connectivity index (χ1n) is 6.76. The van der Waals surface area contributed by atoms with Gasteiger partial charge in [-0.05, 0) is 12.5 Å². The molecule has 0 heterocycles. The Kier molecular flexibility index (Phi) is 5.65. The average molecular weight is 297 g/mol. The minimum atomic E-state index is -0.880. The zero-order valence-electron chi connectivity index (χ0n) is 13.0. The SMILES string of the molecule is CCC(C)(C)C(=O)Sc1ccccc1C[P+](C)(C)C. The maximum Gasteiger partial charge on any atom is 0.199 e.